The number of nitrogens with zero attached hydrogens (tertiary/aromatic N) is 1. The molecule has 0 bridgehead atoms. The second-order valence-corrected chi connectivity index (χ2v) is 4.01. The number of halogens is 5. The molecule has 124 valence electrons. The molecule has 0 atom stereocenters. The zero-order valence-corrected chi connectivity index (χ0v) is 11.4. The molecule has 0 aliphatic rings. The van der Waals surface area contributed by atoms with E-state index in [-0.39, 0.29) is 17.9 Å². The van der Waals surface area contributed by atoms with Gasteiger partial charge in [0.25, 0.3) is 6.43 Å². The van der Waals surface area contributed by atoms with Crippen LogP contribution in [-0.2, 0) is 22.5 Å². The Labute approximate surface area is 122 Å². The minimum Gasteiger partial charge on any atom is -0.466 e. The van der Waals surface area contributed by atoms with Gasteiger partial charge in [-0.2, -0.15) is 0 Å². The van der Waals surface area contributed by atoms with Crippen molar-refractivity contribution < 1.29 is 36.2 Å². The van der Waals surface area contributed by atoms with Crippen LogP contribution in [0, 0.1) is 0 Å². The number of carbonyl (C=O) groups excluding carboxylic acids is 1. The monoisotopic (exact) mass is 328 g/mol. The van der Waals surface area contributed by atoms with Gasteiger partial charge in [0, 0.05) is 18.2 Å². The number of rotatable bonds is 6. The number of hydrogen-bond acceptors (Lipinski definition) is 5. The number of ether oxygens (including phenoxy) is 2. The second kappa shape index (κ2) is 7.34. The van der Waals surface area contributed by atoms with Gasteiger partial charge in [-0.15, -0.1) is 13.2 Å². The third-order valence-electron chi connectivity index (χ3n) is 2.50. The van der Waals surface area contributed by atoms with Gasteiger partial charge < -0.3 is 15.2 Å². The molecule has 0 saturated carbocycles. The largest absolute Gasteiger partial charge is 0.574 e. The first-order chi connectivity index (χ1) is 10.2. The molecule has 1 heterocycles. The van der Waals surface area contributed by atoms with Crippen molar-refractivity contribution in [2.45, 2.75) is 32.7 Å². The Morgan fingerprint density at radius 1 is 1.41 bits per heavy atom. The Kier molecular flexibility index (Phi) is 6.03. The number of aromatic nitrogens is 1. The Hall–Kier alpha value is -1.97. The van der Waals surface area contributed by atoms with E-state index in [4.69, 9.17) is 5.73 Å². The van der Waals surface area contributed by atoms with Gasteiger partial charge >= 0.3 is 12.3 Å². The Morgan fingerprint density at radius 3 is 2.50 bits per heavy atom. The van der Waals surface area contributed by atoms with E-state index in [1.807, 2.05) is 0 Å². The van der Waals surface area contributed by atoms with Crippen molar-refractivity contribution in [3.63, 3.8) is 0 Å². The molecule has 2 N–H and O–H groups in total. The normalized spacial score (nSPS) is 11.6. The molecule has 1 aromatic rings. The molecular formula is C12H13F5N2O3. The summed E-state index contributed by atoms with van der Waals surface area (Å²) in [6.07, 6.45) is -8.78. The van der Waals surface area contributed by atoms with Crippen molar-refractivity contribution in [1.29, 1.82) is 0 Å². The molecule has 22 heavy (non-hydrogen) atoms. The van der Waals surface area contributed by atoms with Gasteiger partial charge in [0.1, 0.15) is 0 Å². The fourth-order valence-corrected chi connectivity index (χ4v) is 1.71. The number of carbonyl (C=O) groups is 1. The Balaban J connectivity index is 3.26. The van der Waals surface area contributed by atoms with Crippen LogP contribution < -0.4 is 10.5 Å². The lowest BCUT2D eigenvalue weighted by atomic mass is 10.0. The van der Waals surface area contributed by atoms with E-state index in [1.54, 1.807) is 0 Å². The fourth-order valence-electron chi connectivity index (χ4n) is 1.71. The van der Waals surface area contributed by atoms with Crippen molar-refractivity contribution in [1.82, 2.24) is 4.98 Å². The molecule has 0 spiro atoms. The molecule has 0 amide bonds. The molecule has 0 aliphatic carbocycles. The van der Waals surface area contributed by atoms with Gasteiger partial charge in [0.05, 0.1) is 18.7 Å². The van der Waals surface area contributed by atoms with Crippen molar-refractivity contribution in [2.75, 3.05) is 6.61 Å². The lowest BCUT2D eigenvalue weighted by molar-refractivity contribution is -0.276. The van der Waals surface area contributed by atoms with Crippen molar-refractivity contribution >= 4 is 5.97 Å². The zero-order valence-electron chi connectivity index (χ0n) is 11.4. The third kappa shape index (κ3) is 5.10. The van der Waals surface area contributed by atoms with Crippen LogP contribution >= 0.6 is 0 Å². The van der Waals surface area contributed by atoms with Crippen molar-refractivity contribution in [3.8, 4) is 5.88 Å². The summed E-state index contributed by atoms with van der Waals surface area (Å²) in [4.78, 5) is 14.8. The SMILES string of the molecule is CCOC(=O)Cc1c(C(F)F)cc(OC(F)(F)F)nc1CN. The molecule has 10 heteroatoms. The highest BCUT2D eigenvalue weighted by atomic mass is 19.4. The smallest absolute Gasteiger partial charge is 0.466 e. The van der Waals surface area contributed by atoms with Gasteiger partial charge in [-0.25, -0.2) is 13.8 Å². The van der Waals surface area contributed by atoms with E-state index in [0.717, 1.165) is 0 Å². The highest BCUT2D eigenvalue weighted by molar-refractivity contribution is 5.73. The maximum atomic E-state index is 13.0. The van der Waals surface area contributed by atoms with Crippen molar-refractivity contribution in [2.24, 2.45) is 5.73 Å². The van der Waals surface area contributed by atoms with Gasteiger partial charge in [-0.05, 0) is 12.5 Å². The highest BCUT2D eigenvalue weighted by Crippen LogP contribution is 2.31. The zero-order chi connectivity index (χ0) is 16.9. The van der Waals surface area contributed by atoms with Gasteiger partial charge in [0.2, 0.25) is 5.88 Å². The van der Waals surface area contributed by atoms with Crippen LogP contribution in [0.1, 0.15) is 30.2 Å². The second-order valence-electron chi connectivity index (χ2n) is 4.01. The minimum atomic E-state index is -5.08. The first kappa shape index (κ1) is 18.1. The average Bonchev–Trinajstić information content (AvgIpc) is 2.38. The van der Waals surface area contributed by atoms with Gasteiger partial charge in [0.15, 0.2) is 0 Å². The summed E-state index contributed by atoms with van der Waals surface area (Å²) in [6.45, 7) is 1.11. The lowest BCUT2D eigenvalue weighted by Gasteiger charge is -2.15. The van der Waals surface area contributed by atoms with Crippen LogP contribution in [0.5, 0.6) is 5.88 Å². The summed E-state index contributed by atoms with van der Waals surface area (Å²) >= 11 is 0. The number of pyridine rings is 1. The average molecular weight is 328 g/mol. The van der Waals surface area contributed by atoms with E-state index in [2.05, 4.69) is 14.5 Å². The van der Waals surface area contributed by atoms with Crippen LogP contribution in [0.25, 0.3) is 0 Å². The summed E-state index contributed by atoms with van der Waals surface area (Å²) in [5, 5.41) is 0. The molecule has 5 nitrogen and oxygen atoms in total. The molecule has 0 aliphatic heterocycles. The standard InChI is InChI=1S/C12H13F5N2O3/c1-2-21-10(20)4-6-7(11(13)14)3-9(19-8(6)5-18)22-12(15,16)17/h3,11H,2,4-5,18H2,1H3. The predicted molar refractivity (Wildman–Crippen MR) is 64.1 cm³/mol. The third-order valence-corrected chi connectivity index (χ3v) is 2.50. The maximum absolute atomic E-state index is 13.0. The molecule has 0 unspecified atom stereocenters. The minimum absolute atomic E-state index is 0.0313. The van der Waals surface area contributed by atoms with E-state index in [1.165, 1.54) is 6.92 Å². The van der Waals surface area contributed by atoms with E-state index in [0.29, 0.717) is 6.07 Å². The number of hydrogen-bond donors (Lipinski definition) is 1. The van der Waals surface area contributed by atoms with E-state index in [9.17, 15) is 26.7 Å². The highest BCUT2D eigenvalue weighted by Gasteiger charge is 2.33. The van der Waals surface area contributed by atoms with Crippen molar-refractivity contribution in [3.05, 3.63) is 22.9 Å². The topological polar surface area (TPSA) is 74.4 Å². The van der Waals surface area contributed by atoms with Crippen LogP contribution in [0.15, 0.2) is 6.07 Å². The van der Waals surface area contributed by atoms with Gasteiger partial charge in [-0.1, -0.05) is 0 Å². The van der Waals surface area contributed by atoms with Crippen LogP contribution in [0.3, 0.4) is 0 Å². The lowest BCUT2D eigenvalue weighted by Crippen LogP contribution is -2.20. The summed E-state index contributed by atoms with van der Waals surface area (Å²) in [5.74, 6) is -1.87. The van der Waals surface area contributed by atoms with E-state index < -0.39 is 43.2 Å². The quantitative estimate of drug-likeness (QED) is 0.641. The predicted octanol–water partition coefficient (Wildman–Crippen LogP) is 2.48. The molecule has 0 radical (unpaired) electrons. The molecule has 0 fully saturated rings. The molecule has 1 rings (SSSR count). The molecular weight excluding hydrogens is 315 g/mol. The maximum Gasteiger partial charge on any atom is 0.574 e. The summed E-state index contributed by atoms with van der Waals surface area (Å²) in [7, 11) is 0. The number of alkyl halides is 5. The first-order valence-corrected chi connectivity index (χ1v) is 6.10. The summed E-state index contributed by atoms with van der Waals surface area (Å²) < 4.78 is 70.7. The molecule has 0 saturated heterocycles. The number of nitrogens with two attached hydrogens (primary N) is 1. The van der Waals surface area contributed by atoms with E-state index >= 15 is 0 Å². The van der Waals surface area contributed by atoms with Gasteiger partial charge in [-0.3, -0.25) is 4.79 Å². The molecule has 1 aromatic heterocycles. The fraction of sp³-hybridized carbons (Fsp3) is 0.500. The Bertz CT molecular complexity index is 534. The van der Waals surface area contributed by atoms with Crippen LogP contribution in [-0.4, -0.2) is 23.9 Å². The van der Waals surface area contributed by atoms with Crippen LogP contribution in [0.4, 0.5) is 22.0 Å². The molecule has 0 aromatic carbocycles. The first-order valence-electron chi connectivity index (χ1n) is 6.10. The van der Waals surface area contributed by atoms with Crippen LogP contribution in [0.2, 0.25) is 0 Å². The summed E-state index contributed by atoms with van der Waals surface area (Å²) in [6, 6.07) is 0.436. The Morgan fingerprint density at radius 2 is 2.05 bits per heavy atom. The number of esters is 1. The summed E-state index contributed by atoms with van der Waals surface area (Å²) in [5.41, 5.74) is 3.96.